The molecule has 1 amide bonds. The lowest BCUT2D eigenvalue weighted by molar-refractivity contribution is -0.132. The van der Waals surface area contributed by atoms with Gasteiger partial charge in [0.25, 0.3) is 5.91 Å². The van der Waals surface area contributed by atoms with Gasteiger partial charge in [-0.2, -0.15) is 0 Å². The van der Waals surface area contributed by atoms with Gasteiger partial charge in [-0.3, -0.25) is 4.79 Å². The van der Waals surface area contributed by atoms with E-state index in [4.69, 9.17) is 5.11 Å². The molecular weight excluding hydrogens is 237 g/mol. The maximum atomic E-state index is 13.0. The Bertz CT molecular complexity index is 525. The van der Waals surface area contributed by atoms with Crippen molar-refractivity contribution in [2.45, 2.75) is 6.42 Å². The standard InChI is InChI=1S/C13H12FNO3/c14-11-5-1-3-9(7-11)12(16)15-6-2-4-10(8-15)13(17)18/h1,3-5,7H,2,6,8H2,(H,17,18). The zero-order chi connectivity index (χ0) is 13.1. The minimum absolute atomic E-state index is 0.0602. The summed E-state index contributed by atoms with van der Waals surface area (Å²) in [5, 5.41) is 8.89. The number of carboxylic acids is 1. The molecule has 0 unspecified atom stereocenters. The van der Waals surface area contributed by atoms with E-state index in [2.05, 4.69) is 0 Å². The molecule has 0 spiro atoms. The van der Waals surface area contributed by atoms with Gasteiger partial charge in [0.15, 0.2) is 0 Å². The van der Waals surface area contributed by atoms with Crippen LogP contribution in [0.1, 0.15) is 16.8 Å². The fraction of sp³-hybridized carbons (Fsp3) is 0.231. The number of amides is 1. The van der Waals surface area contributed by atoms with Gasteiger partial charge < -0.3 is 10.0 Å². The summed E-state index contributed by atoms with van der Waals surface area (Å²) < 4.78 is 13.0. The largest absolute Gasteiger partial charge is 0.478 e. The van der Waals surface area contributed by atoms with Crippen LogP contribution in [0.25, 0.3) is 0 Å². The van der Waals surface area contributed by atoms with E-state index in [-0.39, 0.29) is 23.6 Å². The minimum atomic E-state index is -1.02. The van der Waals surface area contributed by atoms with Gasteiger partial charge in [-0.05, 0) is 24.6 Å². The smallest absolute Gasteiger partial charge is 0.333 e. The number of carboxylic acid groups (broad SMARTS) is 1. The summed E-state index contributed by atoms with van der Waals surface area (Å²) in [7, 11) is 0. The van der Waals surface area contributed by atoms with Crippen molar-refractivity contribution in [3.05, 3.63) is 47.3 Å². The average Bonchev–Trinajstić information content (AvgIpc) is 2.38. The van der Waals surface area contributed by atoms with E-state index in [0.717, 1.165) is 6.07 Å². The van der Waals surface area contributed by atoms with E-state index < -0.39 is 11.8 Å². The third-order valence-corrected chi connectivity index (χ3v) is 2.78. The van der Waals surface area contributed by atoms with Gasteiger partial charge in [0.2, 0.25) is 0 Å². The van der Waals surface area contributed by atoms with Crippen molar-refractivity contribution in [2.24, 2.45) is 0 Å². The lowest BCUT2D eigenvalue weighted by Crippen LogP contribution is -2.37. The maximum Gasteiger partial charge on any atom is 0.333 e. The molecule has 4 nitrogen and oxygen atoms in total. The van der Waals surface area contributed by atoms with Crippen LogP contribution >= 0.6 is 0 Å². The summed E-state index contributed by atoms with van der Waals surface area (Å²) in [6.45, 7) is 0.511. The van der Waals surface area contributed by atoms with Crippen LogP contribution in [-0.2, 0) is 4.79 Å². The Morgan fingerprint density at radius 1 is 1.33 bits per heavy atom. The van der Waals surface area contributed by atoms with Crippen LogP contribution < -0.4 is 0 Å². The van der Waals surface area contributed by atoms with Crippen molar-refractivity contribution in [1.82, 2.24) is 4.90 Å². The second-order valence-electron chi connectivity index (χ2n) is 4.06. The Kier molecular flexibility index (Phi) is 3.41. The molecule has 0 aromatic heterocycles. The van der Waals surface area contributed by atoms with Crippen molar-refractivity contribution in [2.75, 3.05) is 13.1 Å². The monoisotopic (exact) mass is 249 g/mol. The fourth-order valence-corrected chi connectivity index (χ4v) is 1.88. The van der Waals surface area contributed by atoms with Crippen LogP contribution in [0.3, 0.4) is 0 Å². The molecule has 1 aromatic carbocycles. The molecule has 1 N–H and O–H groups in total. The van der Waals surface area contributed by atoms with Gasteiger partial charge in [0.1, 0.15) is 5.82 Å². The first-order valence-electron chi connectivity index (χ1n) is 5.55. The molecular formula is C13H12FNO3. The van der Waals surface area contributed by atoms with Gasteiger partial charge in [-0.15, -0.1) is 0 Å². The molecule has 2 rings (SSSR count). The summed E-state index contributed by atoms with van der Waals surface area (Å²) in [5.74, 6) is -1.85. The van der Waals surface area contributed by atoms with Gasteiger partial charge in [-0.25, -0.2) is 9.18 Å². The van der Waals surface area contributed by atoms with E-state index in [1.807, 2.05) is 0 Å². The number of benzene rings is 1. The van der Waals surface area contributed by atoms with Gasteiger partial charge >= 0.3 is 5.97 Å². The highest BCUT2D eigenvalue weighted by Gasteiger charge is 2.22. The first-order chi connectivity index (χ1) is 8.58. The van der Waals surface area contributed by atoms with Crippen LogP contribution in [0.4, 0.5) is 4.39 Å². The van der Waals surface area contributed by atoms with Crippen LogP contribution in [0.5, 0.6) is 0 Å². The summed E-state index contributed by atoms with van der Waals surface area (Å²) in [5.41, 5.74) is 0.438. The van der Waals surface area contributed by atoms with Crippen molar-refractivity contribution in [3.8, 4) is 0 Å². The molecule has 1 heterocycles. The normalized spacial score (nSPS) is 15.2. The first-order valence-corrected chi connectivity index (χ1v) is 5.55. The van der Waals surface area contributed by atoms with E-state index in [1.54, 1.807) is 6.08 Å². The minimum Gasteiger partial charge on any atom is -0.478 e. The van der Waals surface area contributed by atoms with Crippen molar-refractivity contribution >= 4 is 11.9 Å². The molecule has 18 heavy (non-hydrogen) atoms. The maximum absolute atomic E-state index is 13.0. The Morgan fingerprint density at radius 3 is 2.78 bits per heavy atom. The third kappa shape index (κ3) is 2.56. The number of rotatable bonds is 2. The number of aliphatic carboxylic acids is 1. The molecule has 0 aliphatic carbocycles. The van der Waals surface area contributed by atoms with E-state index in [9.17, 15) is 14.0 Å². The number of halogens is 1. The fourth-order valence-electron chi connectivity index (χ4n) is 1.88. The summed E-state index contributed by atoms with van der Waals surface area (Å²) in [4.78, 5) is 24.3. The molecule has 0 bridgehead atoms. The SMILES string of the molecule is O=C(O)C1=CCCN(C(=O)c2cccc(F)c2)C1. The predicted molar refractivity (Wildman–Crippen MR) is 62.6 cm³/mol. The van der Waals surface area contributed by atoms with Crippen LogP contribution in [0.2, 0.25) is 0 Å². The Hall–Kier alpha value is -2.17. The molecule has 0 radical (unpaired) electrons. The van der Waals surface area contributed by atoms with Crippen LogP contribution in [0, 0.1) is 5.82 Å². The second kappa shape index (κ2) is 5.00. The highest BCUT2D eigenvalue weighted by molar-refractivity contribution is 5.96. The van der Waals surface area contributed by atoms with E-state index in [1.165, 1.54) is 23.1 Å². The number of hydrogen-bond donors (Lipinski definition) is 1. The van der Waals surface area contributed by atoms with Gasteiger partial charge in [0.05, 0.1) is 12.1 Å². The zero-order valence-electron chi connectivity index (χ0n) is 9.60. The second-order valence-corrected chi connectivity index (χ2v) is 4.06. The molecule has 0 saturated heterocycles. The van der Waals surface area contributed by atoms with Crippen molar-refractivity contribution < 1.29 is 19.1 Å². The van der Waals surface area contributed by atoms with E-state index in [0.29, 0.717) is 13.0 Å². The highest BCUT2D eigenvalue weighted by atomic mass is 19.1. The Labute approximate surface area is 103 Å². The molecule has 0 fully saturated rings. The average molecular weight is 249 g/mol. The molecule has 5 heteroatoms. The molecule has 0 atom stereocenters. The van der Waals surface area contributed by atoms with E-state index >= 15 is 0 Å². The zero-order valence-corrected chi connectivity index (χ0v) is 9.60. The summed E-state index contributed by atoms with van der Waals surface area (Å²) in [6.07, 6.45) is 2.11. The quantitative estimate of drug-likeness (QED) is 0.867. The van der Waals surface area contributed by atoms with Crippen molar-refractivity contribution in [3.63, 3.8) is 0 Å². The van der Waals surface area contributed by atoms with Crippen LogP contribution in [0.15, 0.2) is 35.9 Å². The first kappa shape index (κ1) is 12.3. The Balaban J connectivity index is 2.16. The number of carbonyl (C=O) groups excluding carboxylic acids is 1. The molecule has 0 saturated carbocycles. The Morgan fingerprint density at radius 2 is 2.11 bits per heavy atom. The number of nitrogens with zero attached hydrogens (tertiary/aromatic N) is 1. The molecule has 1 aromatic rings. The number of hydrogen-bond acceptors (Lipinski definition) is 2. The predicted octanol–water partition coefficient (Wildman–Crippen LogP) is 1.68. The topological polar surface area (TPSA) is 57.6 Å². The van der Waals surface area contributed by atoms with Crippen molar-refractivity contribution in [1.29, 1.82) is 0 Å². The number of carbonyl (C=O) groups is 2. The summed E-state index contributed by atoms with van der Waals surface area (Å²) >= 11 is 0. The lowest BCUT2D eigenvalue weighted by atomic mass is 10.1. The highest BCUT2D eigenvalue weighted by Crippen LogP contribution is 2.14. The van der Waals surface area contributed by atoms with Crippen LogP contribution in [-0.4, -0.2) is 35.0 Å². The van der Waals surface area contributed by atoms with Gasteiger partial charge in [-0.1, -0.05) is 12.1 Å². The molecule has 94 valence electrons. The summed E-state index contributed by atoms with van der Waals surface area (Å²) in [6, 6.07) is 5.39. The lowest BCUT2D eigenvalue weighted by Gasteiger charge is -2.26. The van der Waals surface area contributed by atoms with Gasteiger partial charge in [0, 0.05) is 12.1 Å². The third-order valence-electron chi connectivity index (χ3n) is 2.78. The molecule has 1 aliphatic rings. The molecule has 1 aliphatic heterocycles.